The van der Waals surface area contributed by atoms with Crippen molar-refractivity contribution < 1.29 is 45.9 Å². The lowest BCUT2D eigenvalue weighted by Gasteiger charge is -2.33. The fourth-order valence-corrected chi connectivity index (χ4v) is 10.3. The molecule has 0 bridgehead atoms. The van der Waals surface area contributed by atoms with Crippen LogP contribution in [0.25, 0.3) is 22.3 Å². The lowest BCUT2D eigenvalue weighted by Crippen LogP contribution is -2.57. The number of amides is 4. The summed E-state index contributed by atoms with van der Waals surface area (Å²) in [5.41, 5.74) is -0.219. The predicted octanol–water partition coefficient (Wildman–Crippen LogP) is 5.57. The molecule has 0 unspecified atom stereocenters. The summed E-state index contributed by atoms with van der Waals surface area (Å²) in [5, 5.41) is 2.98. The number of nitrogens with one attached hydrogen (secondary N) is 2. The number of pyridine rings is 2. The van der Waals surface area contributed by atoms with Gasteiger partial charge in [0.25, 0.3) is 11.8 Å². The van der Waals surface area contributed by atoms with Crippen LogP contribution in [0.15, 0.2) is 54.7 Å². The average Bonchev–Trinajstić information content (AvgIpc) is 4.17. The van der Waals surface area contributed by atoms with Crippen molar-refractivity contribution in [3.8, 4) is 22.9 Å². The van der Waals surface area contributed by atoms with Crippen LogP contribution < -0.4 is 19.5 Å². The summed E-state index contributed by atoms with van der Waals surface area (Å²) in [6.07, 6.45) is 7.51. The number of hydrogen-bond acceptors (Lipinski definition) is 10. The van der Waals surface area contributed by atoms with Gasteiger partial charge in [0.15, 0.2) is 0 Å². The molecule has 4 fully saturated rings. The van der Waals surface area contributed by atoms with Gasteiger partial charge in [-0.05, 0) is 62.8 Å². The first kappa shape index (κ1) is 42.8. The quantitative estimate of drug-likeness (QED) is 0.258. The molecule has 5 aliphatic rings. The first-order valence-electron chi connectivity index (χ1n) is 20.9. The van der Waals surface area contributed by atoms with Gasteiger partial charge >= 0.3 is 0 Å². The van der Waals surface area contributed by atoms with Crippen molar-refractivity contribution >= 4 is 56.2 Å². The van der Waals surface area contributed by atoms with Gasteiger partial charge in [0.2, 0.25) is 27.7 Å². The standard InChI is InChI=1S/C43H49ClF2N6O8S/c1-59-34-15-14-30-35(23-32(48-38(30)37(34)44)31-11-7-8-18-47-31)60-28-22-33-39(54)49-43(41(56)50-61(57,58)29-12-13-29)24-27(43)10-6-4-2-3-5-9-26(40(55)52(33)25-28)21-36(53)51-19-16-42(45,46)17-20-51/h6-8,10-11,14-15,18,23,26-29,33H,2-5,9,12-13,16-17,19-22,24-25H2,1H3,(H,49,54)(H,50,56)/t26-,27-,28-,33+,43-/m1/s1. The number of sulfonamides is 1. The van der Waals surface area contributed by atoms with E-state index in [-0.39, 0.29) is 43.9 Å². The molecule has 2 aromatic heterocycles. The van der Waals surface area contributed by atoms with Crippen LogP contribution in [0.1, 0.15) is 77.0 Å². The zero-order valence-electron chi connectivity index (χ0n) is 33.8. The number of alkyl halides is 2. The highest BCUT2D eigenvalue weighted by atomic mass is 35.5. The molecule has 2 N–H and O–H groups in total. The molecule has 2 saturated carbocycles. The molecule has 14 nitrogen and oxygen atoms in total. The first-order valence-corrected chi connectivity index (χ1v) is 22.9. The second-order valence-electron chi connectivity index (χ2n) is 16.8. The summed E-state index contributed by atoms with van der Waals surface area (Å²) in [4.78, 5) is 69.0. The Labute approximate surface area is 357 Å². The number of halogens is 3. The van der Waals surface area contributed by atoms with E-state index in [2.05, 4.69) is 15.0 Å². The van der Waals surface area contributed by atoms with Gasteiger partial charge in [0.1, 0.15) is 34.2 Å². The maximum absolute atomic E-state index is 14.9. The molecule has 3 aromatic rings. The van der Waals surface area contributed by atoms with Crippen molar-refractivity contribution in [1.82, 2.24) is 29.8 Å². The third-order valence-electron chi connectivity index (χ3n) is 12.5. The van der Waals surface area contributed by atoms with Gasteiger partial charge in [-0.1, -0.05) is 42.7 Å². The smallest absolute Gasteiger partial charge is 0.259 e. The highest BCUT2D eigenvalue weighted by molar-refractivity contribution is 7.91. The van der Waals surface area contributed by atoms with Crippen molar-refractivity contribution in [2.45, 2.75) is 106 Å². The van der Waals surface area contributed by atoms with Crippen LogP contribution in [0.4, 0.5) is 8.78 Å². The molecule has 8 rings (SSSR count). The summed E-state index contributed by atoms with van der Waals surface area (Å²) in [6, 6.07) is 9.30. The normalized spacial score (nSPS) is 27.0. The second-order valence-corrected chi connectivity index (χ2v) is 19.2. The monoisotopic (exact) mass is 882 g/mol. The van der Waals surface area contributed by atoms with Gasteiger partial charge in [-0.3, -0.25) is 28.9 Å². The molecule has 326 valence electrons. The van der Waals surface area contributed by atoms with E-state index < -0.39 is 87.2 Å². The fourth-order valence-electron chi connectivity index (χ4n) is 8.69. The number of allylic oxidation sites excluding steroid dienone is 1. The second kappa shape index (κ2) is 17.1. The van der Waals surface area contributed by atoms with Gasteiger partial charge in [0, 0.05) is 68.3 Å². The number of piperidine rings is 1. The molecule has 61 heavy (non-hydrogen) atoms. The summed E-state index contributed by atoms with van der Waals surface area (Å²) in [5.74, 6) is -5.87. The first-order chi connectivity index (χ1) is 29.2. The van der Waals surface area contributed by atoms with Gasteiger partial charge < -0.3 is 24.6 Å². The minimum atomic E-state index is -3.95. The van der Waals surface area contributed by atoms with Crippen LogP contribution >= 0.6 is 11.6 Å². The molecule has 2 saturated heterocycles. The van der Waals surface area contributed by atoms with E-state index >= 15 is 0 Å². The summed E-state index contributed by atoms with van der Waals surface area (Å²) in [7, 11) is -2.46. The van der Waals surface area contributed by atoms with Crippen LogP contribution in [0.5, 0.6) is 11.5 Å². The number of nitrogens with zero attached hydrogens (tertiary/aromatic N) is 4. The predicted molar refractivity (Wildman–Crippen MR) is 221 cm³/mol. The average molecular weight is 883 g/mol. The molecule has 18 heteroatoms. The fraction of sp³-hybridized carbons (Fsp3) is 0.535. The Morgan fingerprint density at radius 3 is 2.54 bits per heavy atom. The Morgan fingerprint density at radius 1 is 1.03 bits per heavy atom. The summed E-state index contributed by atoms with van der Waals surface area (Å²) in [6.45, 7) is -0.327. The van der Waals surface area contributed by atoms with Gasteiger partial charge in [0.05, 0.1) is 35.8 Å². The molecule has 2 aliphatic carbocycles. The van der Waals surface area contributed by atoms with E-state index in [1.807, 2.05) is 18.2 Å². The molecule has 0 radical (unpaired) electrons. The summed E-state index contributed by atoms with van der Waals surface area (Å²) < 4.78 is 68.3. The van der Waals surface area contributed by atoms with E-state index in [4.69, 9.17) is 26.1 Å². The molecule has 5 atom stereocenters. The van der Waals surface area contributed by atoms with Crippen LogP contribution in [-0.2, 0) is 29.2 Å². The minimum Gasteiger partial charge on any atom is -0.495 e. The Morgan fingerprint density at radius 2 is 1.82 bits per heavy atom. The number of methoxy groups -OCH3 is 1. The highest BCUT2D eigenvalue weighted by Gasteiger charge is 2.62. The number of carbonyl (C=O) groups excluding carboxylic acids is 4. The zero-order chi connectivity index (χ0) is 43.1. The van der Waals surface area contributed by atoms with Crippen LogP contribution in [0.2, 0.25) is 5.02 Å². The third kappa shape index (κ3) is 9.18. The van der Waals surface area contributed by atoms with E-state index in [1.165, 1.54) is 16.9 Å². The lowest BCUT2D eigenvalue weighted by atomic mass is 9.94. The Balaban J connectivity index is 1.13. The molecule has 3 aliphatic heterocycles. The molecule has 1 aromatic carbocycles. The number of hydrogen-bond donors (Lipinski definition) is 2. The highest BCUT2D eigenvalue weighted by Crippen LogP contribution is 2.46. The number of fused-ring (bicyclic) bond motifs is 3. The van der Waals surface area contributed by atoms with Crippen molar-refractivity contribution in [3.63, 3.8) is 0 Å². The number of ether oxygens (including phenoxy) is 2. The number of rotatable bonds is 9. The van der Waals surface area contributed by atoms with Crippen LogP contribution in [0, 0.1) is 11.8 Å². The largest absolute Gasteiger partial charge is 0.495 e. The topological polar surface area (TPSA) is 177 Å². The van der Waals surface area contributed by atoms with Crippen molar-refractivity contribution in [2.24, 2.45) is 11.8 Å². The van der Waals surface area contributed by atoms with Crippen LogP contribution in [-0.4, -0.2) is 107 Å². The van der Waals surface area contributed by atoms with Gasteiger partial charge in [-0.2, -0.15) is 0 Å². The number of likely N-dealkylation sites (tertiary alicyclic amines) is 1. The molecule has 5 heterocycles. The zero-order valence-corrected chi connectivity index (χ0v) is 35.4. The van der Waals surface area contributed by atoms with Crippen LogP contribution in [0.3, 0.4) is 0 Å². The van der Waals surface area contributed by atoms with Crippen molar-refractivity contribution in [2.75, 3.05) is 26.7 Å². The van der Waals surface area contributed by atoms with Gasteiger partial charge in [-0.25, -0.2) is 22.2 Å². The number of aromatic nitrogens is 2. The molecule has 4 amide bonds. The van der Waals surface area contributed by atoms with Gasteiger partial charge in [-0.15, -0.1) is 0 Å². The van der Waals surface area contributed by atoms with Crippen molar-refractivity contribution in [3.05, 3.63) is 59.8 Å². The van der Waals surface area contributed by atoms with Crippen molar-refractivity contribution in [1.29, 1.82) is 0 Å². The third-order valence-corrected chi connectivity index (χ3v) is 14.7. The maximum Gasteiger partial charge on any atom is 0.259 e. The minimum absolute atomic E-state index is 0.0232. The summed E-state index contributed by atoms with van der Waals surface area (Å²) >= 11 is 6.79. The lowest BCUT2D eigenvalue weighted by molar-refractivity contribution is -0.147. The molecule has 0 spiro atoms. The SMILES string of the molecule is COc1ccc2c(O[C@@H]3C[C@H]4C(=O)N[C@]5(C(=O)NS(=O)(=O)C6CC6)C[C@H]5C=CCCCCC[C@H](CC(=O)N5CCC(F)(F)CC5)C(=O)N4C3)cc(-c3ccccn3)nc2c1Cl. The Bertz CT molecular complexity index is 2340. The number of carbonyl (C=O) groups is 4. The van der Waals surface area contributed by atoms with E-state index in [0.717, 1.165) is 12.8 Å². The molecular weight excluding hydrogens is 834 g/mol. The Hall–Kier alpha value is -4.90. The Kier molecular flexibility index (Phi) is 12.0. The van der Waals surface area contributed by atoms with E-state index in [9.17, 15) is 36.4 Å². The van der Waals surface area contributed by atoms with E-state index in [1.54, 1.807) is 36.5 Å². The number of benzene rings is 1. The van der Waals surface area contributed by atoms with E-state index in [0.29, 0.717) is 65.9 Å². The molecular formula is C43H49ClF2N6O8S. The maximum atomic E-state index is 14.9.